The van der Waals surface area contributed by atoms with E-state index in [1.807, 2.05) is 42.5 Å². The largest absolute Gasteiger partial charge is 0.488 e. The maximum atomic E-state index is 11.9. The molecule has 2 aromatic carbocycles. The highest BCUT2D eigenvalue weighted by Crippen LogP contribution is 2.31. The Morgan fingerprint density at radius 3 is 2.79 bits per heavy atom. The molecule has 0 bridgehead atoms. The van der Waals surface area contributed by atoms with Crippen molar-refractivity contribution >= 4 is 78.8 Å². The van der Waals surface area contributed by atoms with E-state index < -0.39 is 0 Å². The number of carbonyl (C=O) groups is 1. The van der Waals surface area contributed by atoms with Gasteiger partial charge in [-0.25, -0.2) is 0 Å². The molecule has 1 saturated heterocycles. The lowest BCUT2D eigenvalue weighted by Crippen LogP contribution is -2.17. The fraction of sp³-hybridized carbons (Fsp3) is 0.0588. The van der Waals surface area contributed by atoms with Crippen LogP contribution in [0.1, 0.15) is 11.1 Å². The number of ether oxygens (including phenoxy) is 1. The molecule has 0 radical (unpaired) electrons. The van der Waals surface area contributed by atoms with E-state index in [9.17, 15) is 4.79 Å². The van der Waals surface area contributed by atoms with Gasteiger partial charge in [0, 0.05) is 19.2 Å². The molecule has 1 N–H and O–H groups in total. The van der Waals surface area contributed by atoms with Crippen LogP contribution in [0.5, 0.6) is 5.75 Å². The first-order valence-electron chi connectivity index (χ1n) is 6.93. The van der Waals surface area contributed by atoms with E-state index in [2.05, 4.69) is 43.8 Å². The summed E-state index contributed by atoms with van der Waals surface area (Å²) in [5, 5.41) is 2.62. The third kappa shape index (κ3) is 4.38. The minimum absolute atomic E-state index is 0.173. The van der Waals surface area contributed by atoms with Crippen molar-refractivity contribution in [2.45, 2.75) is 6.61 Å². The predicted octanol–water partition coefficient (Wildman–Crippen LogP) is 5.12. The predicted molar refractivity (Wildman–Crippen MR) is 114 cm³/mol. The molecule has 122 valence electrons. The number of halogens is 2. The number of benzene rings is 2. The van der Waals surface area contributed by atoms with Crippen molar-refractivity contribution in [3.8, 4) is 5.75 Å². The van der Waals surface area contributed by atoms with Gasteiger partial charge in [-0.2, -0.15) is 0 Å². The van der Waals surface area contributed by atoms with Crippen molar-refractivity contribution in [3.63, 3.8) is 0 Å². The fourth-order valence-electron chi connectivity index (χ4n) is 2.10. The van der Waals surface area contributed by atoms with Crippen LogP contribution in [-0.2, 0) is 11.4 Å². The molecule has 3 rings (SSSR count). The lowest BCUT2D eigenvalue weighted by molar-refractivity contribution is -0.115. The van der Waals surface area contributed by atoms with Crippen molar-refractivity contribution in [2.24, 2.45) is 0 Å². The molecule has 0 atom stereocenters. The summed E-state index contributed by atoms with van der Waals surface area (Å²) in [6.07, 6.45) is 1.80. The standard InChI is InChI=1S/C17H11BrINO2S2/c18-12-5-6-14(22-9-10-3-1-2-4-13(10)19)11(7-12)8-15-16(21)20-17(23)24-15/h1-8H,9H2,(H,20,21,23)/b15-8-. The zero-order chi connectivity index (χ0) is 17.1. The first-order chi connectivity index (χ1) is 11.5. The molecule has 7 heteroatoms. The number of nitrogens with one attached hydrogen (secondary N) is 1. The molecule has 0 spiro atoms. The molecule has 2 aromatic rings. The normalized spacial score (nSPS) is 15.7. The average Bonchev–Trinajstić information content (AvgIpc) is 2.85. The van der Waals surface area contributed by atoms with Gasteiger partial charge >= 0.3 is 0 Å². The van der Waals surface area contributed by atoms with Gasteiger partial charge in [-0.1, -0.05) is 58.1 Å². The Bertz CT molecular complexity index is 854. The Balaban J connectivity index is 1.86. The second-order valence-electron chi connectivity index (χ2n) is 4.91. The Labute approximate surface area is 171 Å². The number of rotatable bonds is 4. The zero-order valence-electron chi connectivity index (χ0n) is 12.2. The maximum Gasteiger partial charge on any atom is 0.263 e. The van der Waals surface area contributed by atoms with Crippen LogP contribution in [0.15, 0.2) is 51.8 Å². The van der Waals surface area contributed by atoms with E-state index in [0.29, 0.717) is 15.8 Å². The highest BCUT2D eigenvalue weighted by Gasteiger charge is 2.22. The van der Waals surface area contributed by atoms with E-state index in [-0.39, 0.29) is 5.91 Å². The topological polar surface area (TPSA) is 38.3 Å². The molecule has 24 heavy (non-hydrogen) atoms. The summed E-state index contributed by atoms with van der Waals surface area (Å²) in [5.41, 5.74) is 1.95. The van der Waals surface area contributed by atoms with E-state index in [0.717, 1.165) is 24.9 Å². The molecule has 3 nitrogen and oxygen atoms in total. The number of carbonyl (C=O) groups excluding carboxylic acids is 1. The summed E-state index contributed by atoms with van der Waals surface area (Å²) in [7, 11) is 0. The highest BCUT2D eigenvalue weighted by molar-refractivity contribution is 14.1. The molecule has 1 heterocycles. The molecular weight excluding hydrogens is 521 g/mol. The van der Waals surface area contributed by atoms with Crippen molar-refractivity contribution in [3.05, 3.63) is 66.5 Å². The third-order valence-electron chi connectivity index (χ3n) is 3.24. The summed E-state index contributed by atoms with van der Waals surface area (Å²) in [6.45, 7) is 0.467. The summed E-state index contributed by atoms with van der Waals surface area (Å²) in [4.78, 5) is 12.4. The monoisotopic (exact) mass is 531 g/mol. The Morgan fingerprint density at radius 2 is 2.08 bits per heavy atom. The van der Waals surface area contributed by atoms with E-state index >= 15 is 0 Å². The molecule has 0 unspecified atom stereocenters. The van der Waals surface area contributed by atoms with Crippen LogP contribution in [0.2, 0.25) is 0 Å². The lowest BCUT2D eigenvalue weighted by atomic mass is 10.2. The Morgan fingerprint density at radius 1 is 1.29 bits per heavy atom. The lowest BCUT2D eigenvalue weighted by Gasteiger charge is -2.11. The smallest absolute Gasteiger partial charge is 0.263 e. The number of amides is 1. The summed E-state index contributed by atoms with van der Waals surface area (Å²) < 4.78 is 8.54. The fourth-order valence-corrected chi connectivity index (χ4v) is 4.05. The van der Waals surface area contributed by atoms with Gasteiger partial charge in [0.15, 0.2) is 0 Å². The first-order valence-corrected chi connectivity index (χ1v) is 10.0. The minimum atomic E-state index is -0.173. The van der Waals surface area contributed by atoms with Gasteiger partial charge < -0.3 is 10.1 Å². The number of thioether (sulfide) groups is 1. The van der Waals surface area contributed by atoms with Crippen LogP contribution in [0.4, 0.5) is 0 Å². The maximum absolute atomic E-state index is 11.9. The summed E-state index contributed by atoms with van der Waals surface area (Å²) in [6, 6.07) is 13.8. The molecular formula is C17H11BrINO2S2. The van der Waals surface area contributed by atoms with Crippen LogP contribution >= 0.6 is 62.5 Å². The van der Waals surface area contributed by atoms with E-state index in [1.54, 1.807) is 6.08 Å². The second-order valence-corrected chi connectivity index (χ2v) is 8.71. The molecule has 0 aromatic heterocycles. The van der Waals surface area contributed by atoms with Gasteiger partial charge in [0.05, 0.1) is 4.91 Å². The minimum Gasteiger partial charge on any atom is -0.488 e. The zero-order valence-corrected chi connectivity index (χ0v) is 17.6. The van der Waals surface area contributed by atoms with Gasteiger partial charge in [0.25, 0.3) is 5.91 Å². The number of hydrogen-bond acceptors (Lipinski definition) is 4. The molecule has 1 fully saturated rings. The SMILES string of the molecule is O=C1NC(=S)S/C1=C\c1cc(Br)ccc1OCc1ccccc1I. The van der Waals surface area contributed by atoms with Crippen molar-refractivity contribution in [2.75, 3.05) is 0 Å². The molecule has 0 aliphatic carbocycles. The van der Waals surface area contributed by atoms with Gasteiger partial charge in [-0.05, 0) is 52.9 Å². The highest BCUT2D eigenvalue weighted by atomic mass is 127. The van der Waals surface area contributed by atoms with Crippen LogP contribution in [0.3, 0.4) is 0 Å². The van der Waals surface area contributed by atoms with Crippen LogP contribution in [0, 0.1) is 3.57 Å². The van der Waals surface area contributed by atoms with Crippen LogP contribution < -0.4 is 10.1 Å². The van der Waals surface area contributed by atoms with Crippen LogP contribution in [-0.4, -0.2) is 10.2 Å². The van der Waals surface area contributed by atoms with E-state index in [4.69, 9.17) is 17.0 Å². The van der Waals surface area contributed by atoms with Crippen molar-refractivity contribution in [1.29, 1.82) is 0 Å². The molecule has 1 amide bonds. The average molecular weight is 532 g/mol. The first kappa shape index (κ1) is 17.9. The van der Waals surface area contributed by atoms with Gasteiger partial charge in [0.1, 0.15) is 16.7 Å². The van der Waals surface area contributed by atoms with E-state index in [1.165, 1.54) is 11.8 Å². The number of hydrogen-bond donors (Lipinski definition) is 1. The van der Waals surface area contributed by atoms with Crippen LogP contribution in [0.25, 0.3) is 6.08 Å². The summed E-state index contributed by atoms with van der Waals surface area (Å²) >= 11 is 12.0. The van der Waals surface area contributed by atoms with Gasteiger partial charge in [0.2, 0.25) is 0 Å². The molecule has 1 aliphatic rings. The summed E-state index contributed by atoms with van der Waals surface area (Å²) in [5.74, 6) is 0.546. The number of thiocarbonyl (C=S) groups is 1. The van der Waals surface area contributed by atoms with Gasteiger partial charge in [-0.3, -0.25) is 4.79 Å². The molecule has 1 aliphatic heterocycles. The van der Waals surface area contributed by atoms with Crippen molar-refractivity contribution in [1.82, 2.24) is 5.32 Å². The third-order valence-corrected chi connectivity index (χ3v) is 5.95. The second kappa shape index (κ2) is 7.99. The quantitative estimate of drug-likeness (QED) is 0.337. The Kier molecular flexibility index (Phi) is 5.96. The molecule has 0 saturated carbocycles. The van der Waals surface area contributed by atoms with Crippen molar-refractivity contribution < 1.29 is 9.53 Å². The van der Waals surface area contributed by atoms with Gasteiger partial charge in [-0.15, -0.1) is 0 Å². The Hall–Kier alpha value is -0.900.